The summed E-state index contributed by atoms with van der Waals surface area (Å²) < 4.78 is 5.60. The molecule has 2 rings (SSSR count). The van der Waals surface area contributed by atoms with Crippen LogP contribution in [0.1, 0.15) is 40.0 Å². The summed E-state index contributed by atoms with van der Waals surface area (Å²) >= 11 is 0. The highest BCUT2D eigenvalue weighted by molar-refractivity contribution is 5.83. The van der Waals surface area contributed by atoms with Gasteiger partial charge in [0.05, 0.1) is 5.54 Å². The molecule has 0 aromatic rings. The molecule has 0 aromatic carbocycles. The first kappa shape index (κ1) is 19.7. The second kappa shape index (κ2) is 9.11. The summed E-state index contributed by atoms with van der Waals surface area (Å²) in [5, 5.41) is 5.80. The van der Waals surface area contributed by atoms with Gasteiger partial charge in [0.1, 0.15) is 5.76 Å². The molecule has 2 amide bonds. The van der Waals surface area contributed by atoms with Gasteiger partial charge in [-0.15, -0.1) is 0 Å². The van der Waals surface area contributed by atoms with Gasteiger partial charge in [0, 0.05) is 19.0 Å². The summed E-state index contributed by atoms with van der Waals surface area (Å²) in [6.45, 7) is 13.3. The lowest BCUT2D eigenvalue weighted by molar-refractivity contribution is -0.129. The van der Waals surface area contributed by atoms with Gasteiger partial charge in [-0.3, -0.25) is 9.59 Å². The molecule has 5 nitrogen and oxygen atoms in total. The van der Waals surface area contributed by atoms with Gasteiger partial charge in [-0.05, 0) is 31.4 Å². The van der Waals surface area contributed by atoms with Crippen LogP contribution in [0.15, 0.2) is 48.8 Å². The Balaban J connectivity index is 0.00000139. The minimum atomic E-state index is -0.689. The molecule has 1 aliphatic carbocycles. The number of amides is 2. The summed E-state index contributed by atoms with van der Waals surface area (Å²) in [6.07, 6.45) is 8.83. The molecule has 0 radical (unpaired) electrons. The first-order valence-electron chi connectivity index (χ1n) is 8.40. The third kappa shape index (κ3) is 4.85. The molecule has 2 aliphatic rings. The van der Waals surface area contributed by atoms with Crippen LogP contribution >= 0.6 is 0 Å². The standard InChI is InChI=1S/C17H22N2O3.C2H6/c1-4-13-7-8-15(22-14(13)5-2)16(21)18-11-17(9-6-10-17)19-12(3)20;1-2/h4-5,7-8,15H,1-2,6,9-11H2,3H3,(H,18,21)(H,19,20);1-2H3. The lowest BCUT2D eigenvalue weighted by Gasteiger charge is -2.42. The van der Waals surface area contributed by atoms with Crippen molar-refractivity contribution in [1.29, 1.82) is 0 Å². The summed E-state index contributed by atoms with van der Waals surface area (Å²) in [5.74, 6) is 0.239. The normalized spacial score (nSPS) is 20.5. The fourth-order valence-corrected chi connectivity index (χ4v) is 2.67. The number of rotatable bonds is 6. The van der Waals surface area contributed by atoms with Crippen molar-refractivity contribution in [2.75, 3.05) is 6.54 Å². The fraction of sp³-hybridized carbons (Fsp3) is 0.474. The van der Waals surface area contributed by atoms with Crippen molar-refractivity contribution in [3.8, 4) is 0 Å². The van der Waals surface area contributed by atoms with Crippen LogP contribution in [0.5, 0.6) is 0 Å². The lowest BCUT2D eigenvalue weighted by Crippen LogP contribution is -2.60. The lowest BCUT2D eigenvalue weighted by atomic mass is 9.76. The molecule has 1 unspecified atom stereocenters. The Morgan fingerprint density at radius 2 is 2.00 bits per heavy atom. The van der Waals surface area contributed by atoms with E-state index >= 15 is 0 Å². The number of ether oxygens (including phenoxy) is 1. The highest BCUT2D eigenvalue weighted by Crippen LogP contribution is 2.31. The van der Waals surface area contributed by atoms with Crippen LogP contribution in [0.25, 0.3) is 0 Å². The van der Waals surface area contributed by atoms with Gasteiger partial charge in [0.15, 0.2) is 6.10 Å². The molecule has 0 spiro atoms. The van der Waals surface area contributed by atoms with Crippen molar-refractivity contribution in [1.82, 2.24) is 10.6 Å². The zero-order valence-electron chi connectivity index (χ0n) is 14.9. The Morgan fingerprint density at radius 3 is 2.46 bits per heavy atom. The molecule has 0 saturated heterocycles. The molecule has 0 bridgehead atoms. The van der Waals surface area contributed by atoms with Crippen LogP contribution in [-0.4, -0.2) is 30.0 Å². The van der Waals surface area contributed by atoms with Gasteiger partial charge in [-0.1, -0.05) is 39.2 Å². The van der Waals surface area contributed by atoms with Crippen molar-refractivity contribution in [3.05, 3.63) is 48.8 Å². The van der Waals surface area contributed by atoms with E-state index < -0.39 is 6.10 Å². The number of hydrogen-bond acceptors (Lipinski definition) is 3. The summed E-state index contributed by atoms with van der Waals surface area (Å²) in [5.41, 5.74) is 0.497. The first-order valence-corrected chi connectivity index (χ1v) is 8.40. The summed E-state index contributed by atoms with van der Waals surface area (Å²) in [6, 6.07) is 0. The van der Waals surface area contributed by atoms with E-state index in [0.717, 1.165) is 24.8 Å². The van der Waals surface area contributed by atoms with Gasteiger partial charge in [-0.25, -0.2) is 0 Å². The molecule has 2 N–H and O–H groups in total. The van der Waals surface area contributed by atoms with Crippen LogP contribution in [0, 0.1) is 0 Å². The fourth-order valence-electron chi connectivity index (χ4n) is 2.67. The van der Waals surface area contributed by atoms with E-state index in [4.69, 9.17) is 4.74 Å². The monoisotopic (exact) mass is 332 g/mol. The Kier molecular flexibility index (Phi) is 7.49. The zero-order valence-corrected chi connectivity index (χ0v) is 14.9. The van der Waals surface area contributed by atoms with Gasteiger partial charge in [0.25, 0.3) is 5.91 Å². The second-order valence-corrected chi connectivity index (χ2v) is 5.66. The smallest absolute Gasteiger partial charge is 0.265 e. The van der Waals surface area contributed by atoms with Gasteiger partial charge in [0.2, 0.25) is 5.91 Å². The third-order valence-corrected chi connectivity index (χ3v) is 4.01. The molecule has 1 fully saturated rings. The van der Waals surface area contributed by atoms with E-state index in [1.54, 1.807) is 24.3 Å². The third-order valence-electron chi connectivity index (χ3n) is 4.01. The minimum absolute atomic E-state index is 0.0738. The number of nitrogens with one attached hydrogen (secondary N) is 2. The maximum Gasteiger partial charge on any atom is 0.265 e. The van der Waals surface area contributed by atoms with Gasteiger partial charge < -0.3 is 15.4 Å². The van der Waals surface area contributed by atoms with E-state index in [1.165, 1.54) is 6.92 Å². The highest BCUT2D eigenvalue weighted by Gasteiger charge is 2.38. The molecular weight excluding hydrogens is 304 g/mol. The Labute approximate surface area is 144 Å². The Bertz CT molecular complexity index is 557. The quantitative estimate of drug-likeness (QED) is 0.786. The molecule has 1 heterocycles. The van der Waals surface area contributed by atoms with Crippen LogP contribution in [0.2, 0.25) is 0 Å². The first-order chi connectivity index (χ1) is 11.5. The zero-order chi connectivity index (χ0) is 18.2. The highest BCUT2D eigenvalue weighted by atomic mass is 16.5. The van der Waals surface area contributed by atoms with Crippen LogP contribution in [0.4, 0.5) is 0 Å². The van der Waals surface area contributed by atoms with Gasteiger partial charge >= 0.3 is 0 Å². The SMILES string of the molecule is C=CC1=C(C=C)OC(C(=O)NCC2(NC(C)=O)CCC2)C=C1.CC. The van der Waals surface area contributed by atoms with E-state index in [2.05, 4.69) is 23.8 Å². The second-order valence-electron chi connectivity index (χ2n) is 5.66. The Morgan fingerprint density at radius 1 is 1.33 bits per heavy atom. The molecule has 1 atom stereocenters. The predicted octanol–water partition coefficient (Wildman–Crippen LogP) is 2.77. The molecule has 0 aromatic heterocycles. The number of hydrogen-bond donors (Lipinski definition) is 2. The molecule has 1 aliphatic heterocycles. The summed E-state index contributed by atoms with van der Waals surface area (Å²) in [4.78, 5) is 23.5. The van der Waals surface area contributed by atoms with Gasteiger partial charge in [-0.2, -0.15) is 0 Å². The maximum absolute atomic E-state index is 12.2. The van der Waals surface area contributed by atoms with E-state index in [0.29, 0.717) is 12.3 Å². The average Bonchev–Trinajstić information content (AvgIpc) is 2.57. The topological polar surface area (TPSA) is 67.4 Å². The maximum atomic E-state index is 12.2. The average molecular weight is 332 g/mol. The molecule has 24 heavy (non-hydrogen) atoms. The van der Waals surface area contributed by atoms with Crippen LogP contribution in [-0.2, 0) is 14.3 Å². The van der Waals surface area contributed by atoms with Crippen LogP contribution < -0.4 is 10.6 Å². The van der Waals surface area contributed by atoms with E-state index in [1.807, 2.05) is 13.8 Å². The molecule has 5 heteroatoms. The minimum Gasteiger partial charge on any atom is -0.476 e. The number of carbonyl (C=O) groups excluding carboxylic acids is 2. The van der Waals surface area contributed by atoms with E-state index in [9.17, 15) is 9.59 Å². The Hall–Kier alpha value is -2.30. The van der Waals surface area contributed by atoms with E-state index in [-0.39, 0.29) is 17.4 Å². The van der Waals surface area contributed by atoms with Crippen molar-refractivity contribution >= 4 is 11.8 Å². The largest absolute Gasteiger partial charge is 0.476 e. The van der Waals surface area contributed by atoms with Crippen molar-refractivity contribution in [2.24, 2.45) is 0 Å². The molecular formula is C19H28N2O3. The number of carbonyl (C=O) groups is 2. The summed E-state index contributed by atoms with van der Waals surface area (Å²) in [7, 11) is 0. The van der Waals surface area contributed by atoms with Crippen molar-refractivity contribution in [3.63, 3.8) is 0 Å². The number of allylic oxidation sites excluding steroid dienone is 4. The van der Waals surface area contributed by atoms with Crippen molar-refractivity contribution in [2.45, 2.75) is 51.7 Å². The molecule has 132 valence electrons. The van der Waals surface area contributed by atoms with Crippen molar-refractivity contribution < 1.29 is 14.3 Å². The molecule has 1 saturated carbocycles. The predicted molar refractivity (Wildman–Crippen MR) is 96.2 cm³/mol. The van der Waals surface area contributed by atoms with Crippen LogP contribution in [0.3, 0.4) is 0 Å².